The summed E-state index contributed by atoms with van der Waals surface area (Å²) in [6.07, 6.45) is 5.35. The second-order valence-corrected chi connectivity index (χ2v) is 8.15. The molecule has 3 fully saturated rings. The number of nitrogens with zero attached hydrogens (tertiary/aromatic N) is 4. The molecule has 1 aromatic carbocycles. The van der Waals surface area contributed by atoms with Gasteiger partial charge in [-0.2, -0.15) is 9.67 Å². The van der Waals surface area contributed by atoms with Crippen LogP contribution in [-0.4, -0.2) is 45.3 Å². The number of nitrogen functional groups attached to an aromatic ring is 2. The van der Waals surface area contributed by atoms with Crippen molar-refractivity contribution in [1.29, 1.82) is 0 Å². The van der Waals surface area contributed by atoms with Crippen molar-refractivity contribution in [2.45, 2.75) is 37.8 Å². The summed E-state index contributed by atoms with van der Waals surface area (Å²) in [5.74, 6) is 1.08. The molecule has 144 valence electrons. The topological polar surface area (TPSA) is 98.0 Å². The van der Waals surface area contributed by atoms with Crippen molar-refractivity contribution in [2.75, 3.05) is 31.1 Å². The largest absolute Gasteiger partial charge is 0.368 e. The Morgan fingerprint density at radius 3 is 2.67 bits per heavy atom. The third-order valence-corrected chi connectivity index (χ3v) is 6.60. The summed E-state index contributed by atoms with van der Waals surface area (Å²) in [7, 11) is 0. The van der Waals surface area contributed by atoms with Gasteiger partial charge in [-0.25, -0.2) is 4.39 Å². The number of rotatable bonds is 3. The van der Waals surface area contributed by atoms with Crippen molar-refractivity contribution in [3.8, 4) is 5.69 Å². The van der Waals surface area contributed by atoms with Crippen LogP contribution in [0.1, 0.15) is 37.3 Å². The maximum atomic E-state index is 15.0. The number of nitrogens with two attached hydrogens (primary N) is 2. The Balaban J connectivity index is 1.38. The Labute approximate surface area is 157 Å². The van der Waals surface area contributed by atoms with Gasteiger partial charge in [0.05, 0.1) is 5.69 Å². The lowest BCUT2D eigenvalue weighted by Crippen LogP contribution is -2.34. The molecule has 2 aromatic rings. The molecular weight excluding hydrogens is 345 g/mol. The lowest BCUT2D eigenvalue weighted by atomic mass is 9.89. The van der Waals surface area contributed by atoms with Crippen molar-refractivity contribution in [2.24, 2.45) is 11.8 Å². The van der Waals surface area contributed by atoms with E-state index >= 15 is 0 Å². The highest BCUT2D eigenvalue weighted by atomic mass is 19.1. The van der Waals surface area contributed by atoms with Crippen LogP contribution in [0.2, 0.25) is 0 Å². The first kappa shape index (κ1) is 16.9. The predicted molar refractivity (Wildman–Crippen MR) is 102 cm³/mol. The third-order valence-electron chi connectivity index (χ3n) is 6.60. The van der Waals surface area contributed by atoms with Crippen LogP contribution in [0.25, 0.3) is 5.69 Å². The first-order chi connectivity index (χ1) is 13.1. The van der Waals surface area contributed by atoms with E-state index in [0.717, 1.165) is 31.2 Å². The fourth-order valence-corrected chi connectivity index (χ4v) is 5.29. The molecule has 27 heavy (non-hydrogen) atoms. The molecule has 1 aliphatic carbocycles. The molecule has 5 N–H and O–H groups in total. The van der Waals surface area contributed by atoms with Crippen molar-refractivity contribution in [1.82, 2.24) is 25.0 Å². The molecule has 3 atom stereocenters. The van der Waals surface area contributed by atoms with E-state index in [-0.39, 0.29) is 23.8 Å². The summed E-state index contributed by atoms with van der Waals surface area (Å²) in [4.78, 5) is 6.53. The maximum absolute atomic E-state index is 15.0. The molecule has 0 bridgehead atoms. The summed E-state index contributed by atoms with van der Waals surface area (Å²) >= 11 is 0. The Morgan fingerprint density at radius 1 is 1.15 bits per heavy atom. The van der Waals surface area contributed by atoms with Crippen LogP contribution >= 0.6 is 0 Å². The van der Waals surface area contributed by atoms with Gasteiger partial charge < -0.3 is 16.8 Å². The van der Waals surface area contributed by atoms with Crippen LogP contribution in [0, 0.1) is 17.7 Å². The van der Waals surface area contributed by atoms with Crippen LogP contribution in [-0.2, 0) is 0 Å². The molecule has 3 unspecified atom stereocenters. The quantitative estimate of drug-likeness (QED) is 0.760. The van der Waals surface area contributed by atoms with E-state index in [2.05, 4.69) is 20.3 Å². The number of halogens is 1. The van der Waals surface area contributed by atoms with E-state index < -0.39 is 0 Å². The monoisotopic (exact) mass is 371 g/mol. The lowest BCUT2D eigenvalue weighted by Gasteiger charge is -2.26. The van der Waals surface area contributed by atoms with Gasteiger partial charge >= 0.3 is 0 Å². The Morgan fingerprint density at radius 2 is 1.96 bits per heavy atom. The van der Waals surface area contributed by atoms with Gasteiger partial charge in [-0.3, -0.25) is 4.90 Å². The van der Waals surface area contributed by atoms with Crippen molar-refractivity contribution < 1.29 is 4.39 Å². The van der Waals surface area contributed by atoms with E-state index in [1.54, 1.807) is 0 Å². The second kappa shape index (κ2) is 6.45. The number of nitrogens with one attached hydrogen (secondary N) is 1. The molecule has 1 saturated carbocycles. The summed E-state index contributed by atoms with van der Waals surface area (Å²) in [6, 6.07) is 5.96. The molecule has 0 spiro atoms. The van der Waals surface area contributed by atoms with Gasteiger partial charge in [0.1, 0.15) is 5.82 Å². The number of hydrogen-bond donors (Lipinski definition) is 3. The highest BCUT2D eigenvalue weighted by molar-refractivity contribution is 5.43. The minimum Gasteiger partial charge on any atom is -0.368 e. The van der Waals surface area contributed by atoms with Gasteiger partial charge in [0.2, 0.25) is 11.9 Å². The normalized spacial score (nSPS) is 28.9. The molecule has 2 aliphatic heterocycles. The molecule has 3 heterocycles. The van der Waals surface area contributed by atoms with E-state index in [4.69, 9.17) is 11.5 Å². The van der Waals surface area contributed by atoms with Crippen LogP contribution < -0.4 is 16.8 Å². The first-order valence-corrected chi connectivity index (χ1v) is 9.85. The second-order valence-electron chi connectivity index (χ2n) is 8.15. The van der Waals surface area contributed by atoms with Gasteiger partial charge in [-0.05, 0) is 30.7 Å². The van der Waals surface area contributed by atoms with Crippen LogP contribution in [0.15, 0.2) is 18.2 Å². The van der Waals surface area contributed by atoms with Crippen molar-refractivity contribution in [3.05, 3.63) is 29.6 Å². The zero-order valence-corrected chi connectivity index (χ0v) is 15.3. The smallest absolute Gasteiger partial charge is 0.241 e. The van der Waals surface area contributed by atoms with Crippen LogP contribution in [0.3, 0.4) is 0 Å². The van der Waals surface area contributed by atoms with Gasteiger partial charge in [0.15, 0.2) is 0 Å². The van der Waals surface area contributed by atoms with E-state index in [0.29, 0.717) is 17.5 Å². The first-order valence-electron chi connectivity index (χ1n) is 9.85. The minimum atomic E-state index is -0.238. The molecular formula is C19H26FN7. The molecule has 7 nitrogen and oxygen atoms in total. The van der Waals surface area contributed by atoms with Crippen LogP contribution in [0.5, 0.6) is 0 Å². The lowest BCUT2D eigenvalue weighted by molar-refractivity contribution is 0.223. The fraction of sp³-hybridized carbons (Fsp3) is 0.579. The summed E-state index contributed by atoms with van der Waals surface area (Å²) in [6.45, 7) is 3.18. The standard InChI is InChI=1S/C19H26FN7/c20-16-7-13(27-19(22)24-18(21)25-27)5-6-14(16)17-15-10-26(9-11(15)8-23-17)12-3-1-2-4-12/h5-7,11-12,15,17,23H,1-4,8-10H2,(H4,21,22,24,25). The molecule has 8 heteroatoms. The highest BCUT2D eigenvalue weighted by Gasteiger charge is 2.45. The summed E-state index contributed by atoms with van der Waals surface area (Å²) in [5.41, 5.74) is 12.6. The molecule has 3 aliphatic rings. The average Bonchev–Trinajstić information content (AvgIpc) is 3.38. The molecule has 5 rings (SSSR count). The fourth-order valence-electron chi connectivity index (χ4n) is 5.29. The Bertz CT molecular complexity index is 845. The van der Waals surface area contributed by atoms with Crippen molar-refractivity contribution >= 4 is 11.9 Å². The SMILES string of the molecule is Nc1nc(N)n(-c2ccc(C3NCC4CN(C5CCCC5)CC43)c(F)c2)n1. The number of benzene rings is 1. The van der Waals surface area contributed by atoms with Gasteiger partial charge in [0, 0.05) is 43.3 Å². The van der Waals surface area contributed by atoms with E-state index in [1.807, 2.05) is 12.1 Å². The molecule has 2 saturated heterocycles. The Kier molecular flexibility index (Phi) is 4.05. The summed E-state index contributed by atoms with van der Waals surface area (Å²) in [5, 5.41) is 7.58. The van der Waals surface area contributed by atoms with E-state index in [1.165, 1.54) is 36.4 Å². The van der Waals surface area contributed by atoms with Gasteiger partial charge in [-0.15, -0.1) is 5.10 Å². The number of hydrogen-bond acceptors (Lipinski definition) is 6. The van der Waals surface area contributed by atoms with Gasteiger partial charge in [-0.1, -0.05) is 18.9 Å². The summed E-state index contributed by atoms with van der Waals surface area (Å²) < 4.78 is 16.4. The number of aromatic nitrogens is 3. The number of fused-ring (bicyclic) bond motifs is 1. The predicted octanol–water partition coefficient (Wildman–Crippen LogP) is 1.71. The van der Waals surface area contributed by atoms with Crippen LogP contribution in [0.4, 0.5) is 16.3 Å². The zero-order chi connectivity index (χ0) is 18.5. The highest BCUT2D eigenvalue weighted by Crippen LogP contribution is 2.42. The minimum absolute atomic E-state index is 0.0635. The van der Waals surface area contributed by atoms with Gasteiger partial charge in [0.25, 0.3) is 0 Å². The number of likely N-dealkylation sites (tertiary alicyclic amines) is 1. The molecule has 0 radical (unpaired) electrons. The van der Waals surface area contributed by atoms with E-state index in [9.17, 15) is 4.39 Å². The number of anilines is 2. The molecule has 1 aromatic heterocycles. The average molecular weight is 371 g/mol. The molecule has 0 amide bonds. The zero-order valence-electron chi connectivity index (χ0n) is 15.3. The van der Waals surface area contributed by atoms with Crippen molar-refractivity contribution in [3.63, 3.8) is 0 Å². The third kappa shape index (κ3) is 2.87. The maximum Gasteiger partial charge on any atom is 0.241 e. The Hall–Kier alpha value is -2.19.